The summed E-state index contributed by atoms with van der Waals surface area (Å²) in [6.07, 6.45) is 5.31. The van der Waals surface area contributed by atoms with E-state index in [4.69, 9.17) is 5.73 Å². The van der Waals surface area contributed by atoms with Gasteiger partial charge in [-0.05, 0) is 58.5 Å². The van der Waals surface area contributed by atoms with Gasteiger partial charge in [0, 0.05) is 25.7 Å². The summed E-state index contributed by atoms with van der Waals surface area (Å²) in [7, 11) is 2.14. The number of nitrogens with zero attached hydrogens (tertiary/aromatic N) is 2. The molecule has 4 heteroatoms. The molecule has 0 aromatic heterocycles. The van der Waals surface area contributed by atoms with Crippen LogP contribution in [0.4, 0.5) is 0 Å². The van der Waals surface area contributed by atoms with Crippen LogP contribution in [0.2, 0.25) is 0 Å². The van der Waals surface area contributed by atoms with E-state index >= 15 is 0 Å². The standard InChI is InChI=1S/C16H31N3O/c1-13-5-7-16(12-17,8-6-13)15(20)19-10-4-9-18(3)11-14(19)2/h13-14H,4-12,17H2,1-3H3. The smallest absolute Gasteiger partial charge is 0.230 e. The number of likely N-dealkylation sites (N-methyl/N-ethyl adjacent to an activating group) is 1. The summed E-state index contributed by atoms with van der Waals surface area (Å²) in [5.41, 5.74) is 5.77. The summed E-state index contributed by atoms with van der Waals surface area (Å²) in [5, 5.41) is 0. The van der Waals surface area contributed by atoms with Gasteiger partial charge in [-0.2, -0.15) is 0 Å². The first-order valence-corrected chi connectivity index (χ1v) is 8.18. The molecule has 1 amide bonds. The molecule has 1 saturated heterocycles. The van der Waals surface area contributed by atoms with Crippen molar-refractivity contribution in [2.75, 3.05) is 33.2 Å². The van der Waals surface area contributed by atoms with Crippen LogP contribution < -0.4 is 5.73 Å². The monoisotopic (exact) mass is 281 g/mol. The first-order chi connectivity index (χ1) is 9.48. The Kier molecular flexibility index (Phi) is 5.08. The van der Waals surface area contributed by atoms with Gasteiger partial charge in [-0.3, -0.25) is 4.79 Å². The number of carbonyl (C=O) groups is 1. The number of hydrogen-bond acceptors (Lipinski definition) is 3. The van der Waals surface area contributed by atoms with E-state index in [1.54, 1.807) is 0 Å². The van der Waals surface area contributed by atoms with Gasteiger partial charge in [-0.1, -0.05) is 6.92 Å². The fraction of sp³-hybridized carbons (Fsp3) is 0.938. The van der Waals surface area contributed by atoms with Gasteiger partial charge in [-0.15, -0.1) is 0 Å². The Morgan fingerprint density at radius 2 is 1.90 bits per heavy atom. The minimum absolute atomic E-state index is 0.274. The molecule has 4 nitrogen and oxygen atoms in total. The predicted octanol–water partition coefficient (Wildman–Crippen LogP) is 1.69. The highest BCUT2D eigenvalue weighted by Crippen LogP contribution is 2.40. The Hall–Kier alpha value is -0.610. The molecule has 1 unspecified atom stereocenters. The maximum Gasteiger partial charge on any atom is 0.230 e. The Morgan fingerprint density at radius 3 is 2.50 bits per heavy atom. The molecule has 1 aliphatic carbocycles. The van der Waals surface area contributed by atoms with Crippen LogP contribution in [-0.2, 0) is 4.79 Å². The lowest BCUT2D eigenvalue weighted by Crippen LogP contribution is -2.53. The van der Waals surface area contributed by atoms with Crippen LogP contribution in [0.1, 0.15) is 46.0 Å². The first-order valence-electron chi connectivity index (χ1n) is 8.18. The molecule has 1 saturated carbocycles. The summed E-state index contributed by atoms with van der Waals surface area (Å²) >= 11 is 0. The molecule has 0 spiro atoms. The lowest BCUT2D eigenvalue weighted by molar-refractivity contribution is -0.146. The molecule has 2 fully saturated rings. The van der Waals surface area contributed by atoms with Crippen LogP contribution in [0, 0.1) is 11.3 Å². The first kappa shape index (κ1) is 15.8. The topological polar surface area (TPSA) is 49.6 Å². The second kappa shape index (κ2) is 6.44. The fourth-order valence-corrected chi connectivity index (χ4v) is 3.80. The van der Waals surface area contributed by atoms with Crippen molar-refractivity contribution in [2.24, 2.45) is 17.1 Å². The predicted molar refractivity (Wildman–Crippen MR) is 82.4 cm³/mol. The van der Waals surface area contributed by atoms with Gasteiger partial charge in [0.2, 0.25) is 5.91 Å². The summed E-state index contributed by atoms with van der Waals surface area (Å²) in [6.45, 7) is 7.92. The largest absolute Gasteiger partial charge is 0.338 e. The van der Waals surface area contributed by atoms with Gasteiger partial charge in [0.1, 0.15) is 0 Å². The van der Waals surface area contributed by atoms with Crippen molar-refractivity contribution in [3.8, 4) is 0 Å². The molecular weight excluding hydrogens is 250 g/mol. The molecule has 2 N–H and O–H groups in total. The zero-order chi connectivity index (χ0) is 14.8. The zero-order valence-corrected chi connectivity index (χ0v) is 13.4. The molecule has 1 aliphatic heterocycles. The highest BCUT2D eigenvalue weighted by atomic mass is 16.2. The molecule has 1 heterocycles. The molecule has 2 aliphatic rings. The molecule has 2 rings (SSSR count). The zero-order valence-electron chi connectivity index (χ0n) is 13.4. The number of nitrogens with two attached hydrogens (primary N) is 1. The van der Waals surface area contributed by atoms with Crippen LogP contribution in [0.15, 0.2) is 0 Å². The quantitative estimate of drug-likeness (QED) is 0.838. The van der Waals surface area contributed by atoms with Gasteiger partial charge >= 0.3 is 0 Å². The number of rotatable bonds is 2. The molecule has 0 aromatic carbocycles. The molecule has 0 bridgehead atoms. The molecule has 116 valence electrons. The van der Waals surface area contributed by atoms with Crippen molar-refractivity contribution < 1.29 is 4.79 Å². The fourth-order valence-electron chi connectivity index (χ4n) is 3.80. The van der Waals surface area contributed by atoms with Gasteiger partial charge in [0.15, 0.2) is 0 Å². The minimum atomic E-state index is -0.274. The Balaban J connectivity index is 2.11. The van der Waals surface area contributed by atoms with E-state index in [0.717, 1.165) is 57.7 Å². The van der Waals surface area contributed by atoms with Crippen LogP contribution in [0.3, 0.4) is 0 Å². The van der Waals surface area contributed by atoms with Crippen molar-refractivity contribution in [2.45, 2.75) is 52.0 Å². The van der Waals surface area contributed by atoms with Crippen LogP contribution in [-0.4, -0.2) is 55.0 Å². The second-order valence-electron chi connectivity index (χ2n) is 7.13. The van der Waals surface area contributed by atoms with Gasteiger partial charge in [0.25, 0.3) is 0 Å². The lowest BCUT2D eigenvalue weighted by Gasteiger charge is -2.42. The number of amides is 1. The van der Waals surface area contributed by atoms with Crippen molar-refractivity contribution >= 4 is 5.91 Å². The van der Waals surface area contributed by atoms with E-state index in [2.05, 4.69) is 30.7 Å². The third-order valence-electron chi connectivity index (χ3n) is 5.38. The minimum Gasteiger partial charge on any atom is -0.338 e. The normalized spacial score (nSPS) is 36.7. The van der Waals surface area contributed by atoms with E-state index in [0.29, 0.717) is 18.5 Å². The van der Waals surface area contributed by atoms with E-state index in [9.17, 15) is 4.79 Å². The van der Waals surface area contributed by atoms with Crippen molar-refractivity contribution in [3.05, 3.63) is 0 Å². The summed E-state index contributed by atoms with van der Waals surface area (Å²) < 4.78 is 0. The SMILES string of the molecule is CC1CCC(CN)(C(=O)N2CCCN(C)CC2C)CC1. The lowest BCUT2D eigenvalue weighted by atomic mass is 9.70. The van der Waals surface area contributed by atoms with Crippen molar-refractivity contribution in [1.29, 1.82) is 0 Å². The Labute approximate surface area is 123 Å². The molecule has 1 atom stereocenters. The maximum absolute atomic E-state index is 13.1. The van der Waals surface area contributed by atoms with Gasteiger partial charge in [0.05, 0.1) is 5.41 Å². The summed E-state index contributed by atoms with van der Waals surface area (Å²) in [5.74, 6) is 1.07. The second-order valence-corrected chi connectivity index (χ2v) is 7.13. The van der Waals surface area contributed by atoms with E-state index in [1.807, 2.05) is 0 Å². The van der Waals surface area contributed by atoms with Crippen LogP contribution >= 0.6 is 0 Å². The summed E-state index contributed by atoms with van der Waals surface area (Å²) in [4.78, 5) is 17.6. The third-order valence-corrected chi connectivity index (χ3v) is 5.38. The molecular formula is C16H31N3O. The molecule has 0 aromatic rings. The van der Waals surface area contributed by atoms with Crippen LogP contribution in [0.5, 0.6) is 0 Å². The third kappa shape index (κ3) is 3.17. The van der Waals surface area contributed by atoms with Crippen molar-refractivity contribution in [3.63, 3.8) is 0 Å². The van der Waals surface area contributed by atoms with Gasteiger partial charge < -0.3 is 15.5 Å². The average molecular weight is 281 g/mol. The summed E-state index contributed by atoms with van der Waals surface area (Å²) in [6, 6.07) is 0.303. The maximum atomic E-state index is 13.1. The van der Waals surface area contributed by atoms with Crippen LogP contribution in [0.25, 0.3) is 0 Å². The Bertz CT molecular complexity index is 337. The Morgan fingerprint density at radius 1 is 1.25 bits per heavy atom. The van der Waals surface area contributed by atoms with E-state index in [1.165, 1.54) is 0 Å². The number of hydrogen-bond donors (Lipinski definition) is 1. The van der Waals surface area contributed by atoms with Gasteiger partial charge in [-0.25, -0.2) is 0 Å². The molecule has 20 heavy (non-hydrogen) atoms. The average Bonchev–Trinajstić information content (AvgIpc) is 2.60. The number of carbonyl (C=O) groups excluding carboxylic acids is 1. The van der Waals surface area contributed by atoms with E-state index < -0.39 is 0 Å². The highest BCUT2D eigenvalue weighted by molar-refractivity contribution is 5.83. The molecule has 0 radical (unpaired) electrons. The highest BCUT2D eigenvalue weighted by Gasteiger charge is 2.43. The van der Waals surface area contributed by atoms with Crippen molar-refractivity contribution in [1.82, 2.24) is 9.80 Å². The van der Waals surface area contributed by atoms with E-state index in [-0.39, 0.29) is 5.41 Å².